The minimum absolute atomic E-state index is 0.0228. The van der Waals surface area contributed by atoms with Crippen LogP contribution in [0.25, 0.3) is 0 Å². The van der Waals surface area contributed by atoms with Gasteiger partial charge in [-0.15, -0.1) is 11.6 Å². The van der Waals surface area contributed by atoms with E-state index in [-0.39, 0.29) is 53.6 Å². The Balaban J connectivity index is 1.27. The fourth-order valence-electron chi connectivity index (χ4n) is 8.68. The van der Waals surface area contributed by atoms with Crippen molar-refractivity contribution in [1.82, 2.24) is 0 Å². The number of aliphatic hydroxyl groups excluding tert-OH is 2. The van der Waals surface area contributed by atoms with E-state index in [2.05, 4.69) is 38.2 Å². The van der Waals surface area contributed by atoms with Crippen LogP contribution in [-0.2, 0) is 14.3 Å². The Kier molecular flexibility index (Phi) is 24.3. The average molecular weight is 785 g/mol. The molecular formula is C48H78ClNO5. The summed E-state index contributed by atoms with van der Waals surface area (Å²) < 4.78 is 5.44. The molecule has 6 nitrogen and oxygen atoms in total. The molecule has 3 rings (SSSR count). The summed E-state index contributed by atoms with van der Waals surface area (Å²) in [7, 11) is 0. The number of para-hydroxylation sites is 1. The van der Waals surface area contributed by atoms with Gasteiger partial charge in [-0.3, -0.25) is 9.59 Å². The maximum absolute atomic E-state index is 13.2. The highest BCUT2D eigenvalue weighted by atomic mass is 35.5. The predicted molar refractivity (Wildman–Crippen MR) is 230 cm³/mol. The normalized spacial score (nSPS) is 21.3. The number of carbonyl (C=O) groups excluding carboxylic acids is 2. The highest BCUT2D eigenvalue weighted by Crippen LogP contribution is 2.48. The fraction of sp³-hybridized carbons (Fsp3) is 0.750. The van der Waals surface area contributed by atoms with Gasteiger partial charge in [-0.1, -0.05) is 159 Å². The number of carbonyl (C=O) groups is 2. The number of benzene rings is 1. The molecule has 0 spiro atoms. The summed E-state index contributed by atoms with van der Waals surface area (Å²) in [4.78, 5) is 27.5. The molecule has 0 saturated heterocycles. The average Bonchev–Trinajstić information content (AvgIpc) is 3.44. The number of esters is 1. The van der Waals surface area contributed by atoms with Crippen molar-refractivity contribution >= 4 is 29.2 Å². The van der Waals surface area contributed by atoms with Crippen LogP contribution in [0, 0.1) is 17.3 Å². The molecule has 0 aromatic heterocycles. The maximum atomic E-state index is 13.2. The molecule has 55 heavy (non-hydrogen) atoms. The van der Waals surface area contributed by atoms with Gasteiger partial charge in [-0.2, -0.15) is 0 Å². The lowest BCUT2D eigenvalue weighted by Crippen LogP contribution is -2.40. The standard InChI is InChI=1S/C48H78ClNO5/c1-3-5-6-7-8-9-10-11-12-13-14-15-16-17-20-26-37-50(40-29-22-21-23-30-40)46(53)39-55-47(54)34-25-19-18-24-31-41-42(44(51)38-43(41)49)32-27-33-45(52)48(4-2)35-28-36-48/h18,21-24,27,29-30,32,41-45,51-52H,3-17,19-20,25-26,28,31,33-39H2,1-2H3/b24-18-,32-27+/t41-,42-,43-,44-,45+/m1/s1. The molecule has 1 amide bonds. The molecule has 2 N–H and O–H groups in total. The summed E-state index contributed by atoms with van der Waals surface area (Å²) in [6.45, 7) is 4.83. The van der Waals surface area contributed by atoms with Crippen LogP contribution in [0.4, 0.5) is 5.69 Å². The van der Waals surface area contributed by atoms with E-state index in [0.29, 0.717) is 25.8 Å². The number of anilines is 1. The Morgan fingerprint density at radius 1 is 0.855 bits per heavy atom. The molecule has 7 heteroatoms. The Morgan fingerprint density at radius 3 is 2.02 bits per heavy atom. The van der Waals surface area contributed by atoms with E-state index in [0.717, 1.165) is 50.6 Å². The number of amides is 1. The van der Waals surface area contributed by atoms with Gasteiger partial charge in [0.15, 0.2) is 6.61 Å². The van der Waals surface area contributed by atoms with Gasteiger partial charge in [0.05, 0.1) is 12.2 Å². The molecule has 5 atom stereocenters. The summed E-state index contributed by atoms with van der Waals surface area (Å²) >= 11 is 6.66. The van der Waals surface area contributed by atoms with Crippen LogP contribution in [-0.4, -0.2) is 52.8 Å². The Hall–Kier alpha value is -2.15. The van der Waals surface area contributed by atoms with E-state index < -0.39 is 6.10 Å². The SMILES string of the molecule is CCCCCCCCCCCCCCCCCCN(C(=O)COC(=O)CCC/C=C\C[C@@H]1[C@@H](/C=C/C[C@H](O)C2(CC)CCC2)[C@H](O)C[C@H]1Cl)c1ccccc1. The quantitative estimate of drug-likeness (QED) is 0.0339. The summed E-state index contributed by atoms with van der Waals surface area (Å²) in [5.74, 6) is -0.421. The zero-order chi connectivity index (χ0) is 39.6. The molecule has 2 aliphatic carbocycles. The van der Waals surface area contributed by atoms with E-state index in [1.54, 1.807) is 4.90 Å². The molecule has 0 aliphatic heterocycles. The minimum Gasteiger partial charge on any atom is -0.456 e. The number of unbranched alkanes of at least 4 members (excludes halogenated alkanes) is 16. The third kappa shape index (κ3) is 17.9. The zero-order valence-corrected chi connectivity index (χ0v) is 35.6. The van der Waals surface area contributed by atoms with Gasteiger partial charge < -0.3 is 19.8 Å². The monoisotopic (exact) mass is 784 g/mol. The molecule has 0 unspecified atom stereocenters. The molecule has 0 bridgehead atoms. The van der Waals surface area contributed by atoms with E-state index in [4.69, 9.17) is 16.3 Å². The first kappa shape index (κ1) is 47.2. The Labute approximate surface area is 340 Å². The smallest absolute Gasteiger partial charge is 0.306 e. The second kappa shape index (κ2) is 28.3. The van der Waals surface area contributed by atoms with Gasteiger partial charge in [-0.05, 0) is 81.3 Å². The van der Waals surface area contributed by atoms with Gasteiger partial charge in [0.1, 0.15) is 0 Å². The summed E-state index contributed by atoms with van der Waals surface area (Å²) in [6, 6.07) is 9.70. The van der Waals surface area contributed by atoms with Crippen LogP contribution in [0.1, 0.15) is 181 Å². The molecule has 1 aromatic carbocycles. The number of hydrogen-bond acceptors (Lipinski definition) is 5. The van der Waals surface area contributed by atoms with Gasteiger partial charge >= 0.3 is 5.97 Å². The van der Waals surface area contributed by atoms with Gasteiger partial charge in [0.25, 0.3) is 5.91 Å². The van der Waals surface area contributed by atoms with E-state index >= 15 is 0 Å². The summed E-state index contributed by atoms with van der Waals surface area (Å²) in [5, 5.41) is 21.4. The van der Waals surface area contributed by atoms with Crippen LogP contribution in [0.5, 0.6) is 0 Å². The molecule has 312 valence electrons. The van der Waals surface area contributed by atoms with Crippen LogP contribution in [0.15, 0.2) is 54.6 Å². The zero-order valence-electron chi connectivity index (χ0n) is 34.8. The van der Waals surface area contributed by atoms with Gasteiger partial charge in [0, 0.05) is 29.9 Å². The molecule has 0 radical (unpaired) electrons. The van der Waals surface area contributed by atoms with Crippen LogP contribution in [0.3, 0.4) is 0 Å². The van der Waals surface area contributed by atoms with Crippen molar-refractivity contribution in [3.05, 3.63) is 54.6 Å². The van der Waals surface area contributed by atoms with Crippen molar-refractivity contribution in [2.75, 3.05) is 18.1 Å². The van der Waals surface area contributed by atoms with Crippen molar-refractivity contribution < 1.29 is 24.5 Å². The maximum Gasteiger partial charge on any atom is 0.306 e. The lowest BCUT2D eigenvalue weighted by molar-refractivity contribution is -0.147. The number of nitrogens with zero attached hydrogens (tertiary/aromatic N) is 1. The minimum atomic E-state index is -0.470. The highest BCUT2D eigenvalue weighted by molar-refractivity contribution is 6.21. The molecule has 2 aliphatic rings. The number of rotatable bonds is 31. The van der Waals surface area contributed by atoms with Crippen LogP contribution >= 0.6 is 11.6 Å². The van der Waals surface area contributed by atoms with Crippen LogP contribution < -0.4 is 4.90 Å². The lowest BCUT2D eigenvalue weighted by Gasteiger charge is -2.45. The van der Waals surface area contributed by atoms with Crippen molar-refractivity contribution in [3.8, 4) is 0 Å². The first-order valence-corrected chi connectivity index (χ1v) is 23.1. The van der Waals surface area contributed by atoms with Gasteiger partial charge in [-0.25, -0.2) is 0 Å². The van der Waals surface area contributed by atoms with Crippen LogP contribution in [0.2, 0.25) is 0 Å². The number of allylic oxidation sites excluding steroid dienone is 2. The predicted octanol–water partition coefficient (Wildman–Crippen LogP) is 12.4. The third-order valence-electron chi connectivity index (χ3n) is 12.6. The van der Waals surface area contributed by atoms with E-state index in [9.17, 15) is 19.8 Å². The van der Waals surface area contributed by atoms with E-state index in [1.807, 2.05) is 30.3 Å². The number of ether oxygens (including phenoxy) is 1. The van der Waals surface area contributed by atoms with Crippen molar-refractivity contribution in [2.45, 2.75) is 198 Å². The van der Waals surface area contributed by atoms with Gasteiger partial charge in [0.2, 0.25) is 0 Å². The number of aliphatic hydroxyl groups is 2. The number of alkyl halides is 1. The lowest BCUT2D eigenvalue weighted by atomic mass is 9.63. The first-order valence-electron chi connectivity index (χ1n) is 22.6. The largest absolute Gasteiger partial charge is 0.456 e. The summed E-state index contributed by atoms with van der Waals surface area (Å²) in [6.07, 6.45) is 36.5. The second-order valence-corrected chi connectivity index (χ2v) is 17.3. The number of hydrogen-bond donors (Lipinski definition) is 2. The Morgan fingerprint density at radius 2 is 1.45 bits per heavy atom. The third-order valence-corrected chi connectivity index (χ3v) is 13.1. The molecular weight excluding hydrogens is 706 g/mol. The molecule has 2 fully saturated rings. The highest BCUT2D eigenvalue weighted by Gasteiger charge is 2.42. The second-order valence-electron chi connectivity index (χ2n) is 16.8. The number of halogens is 1. The summed E-state index contributed by atoms with van der Waals surface area (Å²) in [5.41, 5.74) is 0.920. The van der Waals surface area contributed by atoms with Crippen molar-refractivity contribution in [1.29, 1.82) is 0 Å². The topological polar surface area (TPSA) is 87.1 Å². The molecule has 2 saturated carbocycles. The first-order chi connectivity index (χ1) is 26.8. The molecule has 0 heterocycles. The Bertz CT molecular complexity index is 1210. The van der Waals surface area contributed by atoms with Crippen molar-refractivity contribution in [3.63, 3.8) is 0 Å². The fourth-order valence-corrected chi connectivity index (χ4v) is 9.14. The molecule has 1 aromatic rings. The van der Waals surface area contributed by atoms with E-state index in [1.165, 1.54) is 96.3 Å². The van der Waals surface area contributed by atoms with Crippen molar-refractivity contribution in [2.24, 2.45) is 17.3 Å².